The van der Waals surface area contributed by atoms with E-state index in [1.807, 2.05) is 32.6 Å². The van der Waals surface area contributed by atoms with E-state index in [-0.39, 0.29) is 18.0 Å². The summed E-state index contributed by atoms with van der Waals surface area (Å²) < 4.78 is 10.7. The standard InChI is InChI=1S/C24H35NO4/c1-5-28-22(26)16-20-15-19(14-18-8-6-7-9-21(18)20)17-10-12-25(13-11-17)23(27)29-24(2,3)4/h6-9,17,19-20H,5,10-16H2,1-4H3. The molecular weight excluding hydrogens is 366 g/mol. The van der Waals surface area contributed by atoms with Gasteiger partial charge in [0.25, 0.3) is 0 Å². The summed E-state index contributed by atoms with van der Waals surface area (Å²) in [5.41, 5.74) is 2.22. The molecule has 29 heavy (non-hydrogen) atoms. The number of carbonyl (C=O) groups excluding carboxylic acids is 2. The second-order valence-corrected chi connectivity index (χ2v) is 9.41. The molecule has 1 aliphatic heterocycles. The molecule has 1 aromatic rings. The van der Waals surface area contributed by atoms with Crippen LogP contribution in [0.25, 0.3) is 0 Å². The number of esters is 1. The van der Waals surface area contributed by atoms with Crippen molar-refractivity contribution in [3.63, 3.8) is 0 Å². The van der Waals surface area contributed by atoms with E-state index in [2.05, 4.69) is 24.3 Å². The molecule has 160 valence electrons. The topological polar surface area (TPSA) is 55.8 Å². The molecule has 1 aliphatic carbocycles. The number of hydrogen-bond acceptors (Lipinski definition) is 4. The molecule has 1 amide bonds. The van der Waals surface area contributed by atoms with Crippen LogP contribution in [0.15, 0.2) is 24.3 Å². The third-order valence-electron chi connectivity index (χ3n) is 6.14. The Balaban J connectivity index is 1.63. The van der Waals surface area contributed by atoms with E-state index in [1.54, 1.807) is 0 Å². The Hall–Kier alpha value is -2.04. The van der Waals surface area contributed by atoms with Crippen LogP contribution in [0.5, 0.6) is 0 Å². The predicted octanol–water partition coefficient (Wildman–Crippen LogP) is 4.93. The van der Waals surface area contributed by atoms with Crippen LogP contribution in [-0.4, -0.2) is 42.3 Å². The highest BCUT2D eigenvalue weighted by Gasteiger charge is 2.35. The molecule has 0 saturated carbocycles. The Bertz CT molecular complexity index is 716. The van der Waals surface area contributed by atoms with Gasteiger partial charge in [0.2, 0.25) is 0 Å². The van der Waals surface area contributed by atoms with Gasteiger partial charge < -0.3 is 14.4 Å². The lowest BCUT2D eigenvalue weighted by atomic mass is 9.69. The van der Waals surface area contributed by atoms with E-state index in [0.717, 1.165) is 38.8 Å². The highest BCUT2D eigenvalue weighted by atomic mass is 16.6. The lowest BCUT2D eigenvalue weighted by molar-refractivity contribution is -0.143. The summed E-state index contributed by atoms with van der Waals surface area (Å²) in [5.74, 6) is 1.25. The van der Waals surface area contributed by atoms with Gasteiger partial charge in [-0.25, -0.2) is 4.79 Å². The molecule has 2 aliphatic rings. The summed E-state index contributed by atoms with van der Waals surface area (Å²) in [5, 5.41) is 0. The first-order valence-corrected chi connectivity index (χ1v) is 11.0. The fourth-order valence-corrected chi connectivity index (χ4v) is 4.83. The maximum atomic E-state index is 12.3. The monoisotopic (exact) mass is 401 g/mol. The second kappa shape index (κ2) is 9.19. The number of nitrogens with zero attached hydrogens (tertiary/aromatic N) is 1. The third-order valence-corrected chi connectivity index (χ3v) is 6.14. The van der Waals surface area contributed by atoms with Crippen molar-refractivity contribution in [2.24, 2.45) is 11.8 Å². The minimum Gasteiger partial charge on any atom is -0.466 e. The van der Waals surface area contributed by atoms with Gasteiger partial charge in [0.05, 0.1) is 13.0 Å². The minimum absolute atomic E-state index is 0.104. The van der Waals surface area contributed by atoms with Crippen LogP contribution < -0.4 is 0 Å². The van der Waals surface area contributed by atoms with E-state index in [1.165, 1.54) is 11.1 Å². The maximum absolute atomic E-state index is 12.3. The van der Waals surface area contributed by atoms with Gasteiger partial charge in [-0.2, -0.15) is 0 Å². The van der Waals surface area contributed by atoms with Crippen LogP contribution in [-0.2, 0) is 20.7 Å². The van der Waals surface area contributed by atoms with Gasteiger partial charge in [0.15, 0.2) is 0 Å². The number of ether oxygens (including phenoxy) is 2. The Morgan fingerprint density at radius 3 is 2.45 bits per heavy atom. The number of hydrogen-bond donors (Lipinski definition) is 0. The van der Waals surface area contributed by atoms with Gasteiger partial charge in [0.1, 0.15) is 5.60 Å². The molecule has 0 spiro atoms. The van der Waals surface area contributed by atoms with Crippen molar-refractivity contribution in [2.75, 3.05) is 19.7 Å². The molecule has 1 aromatic carbocycles. The fraction of sp³-hybridized carbons (Fsp3) is 0.667. The van der Waals surface area contributed by atoms with Crippen LogP contribution in [0.2, 0.25) is 0 Å². The number of benzene rings is 1. The van der Waals surface area contributed by atoms with E-state index < -0.39 is 5.60 Å². The number of likely N-dealkylation sites (tertiary alicyclic amines) is 1. The first-order chi connectivity index (χ1) is 13.8. The quantitative estimate of drug-likeness (QED) is 0.671. The highest BCUT2D eigenvalue weighted by Crippen LogP contribution is 2.42. The number of piperidine rings is 1. The molecule has 1 saturated heterocycles. The van der Waals surface area contributed by atoms with Crippen LogP contribution in [0.4, 0.5) is 4.79 Å². The molecule has 2 unspecified atom stereocenters. The van der Waals surface area contributed by atoms with Gasteiger partial charge >= 0.3 is 12.1 Å². The molecule has 1 heterocycles. The minimum atomic E-state index is -0.457. The SMILES string of the molecule is CCOC(=O)CC1CC(C2CCN(C(=O)OC(C)(C)C)CC2)Cc2ccccc21. The van der Waals surface area contributed by atoms with Crippen molar-refractivity contribution in [3.05, 3.63) is 35.4 Å². The van der Waals surface area contributed by atoms with E-state index in [9.17, 15) is 9.59 Å². The van der Waals surface area contributed by atoms with Crippen molar-refractivity contribution in [1.29, 1.82) is 0 Å². The zero-order valence-electron chi connectivity index (χ0n) is 18.3. The predicted molar refractivity (Wildman–Crippen MR) is 113 cm³/mol. The molecule has 0 N–H and O–H groups in total. The summed E-state index contributed by atoms with van der Waals surface area (Å²) in [6.07, 6.45) is 4.33. The summed E-state index contributed by atoms with van der Waals surface area (Å²) >= 11 is 0. The molecule has 0 radical (unpaired) electrons. The molecule has 2 atom stereocenters. The molecule has 0 aromatic heterocycles. The maximum Gasteiger partial charge on any atom is 0.410 e. The van der Waals surface area contributed by atoms with Crippen LogP contribution >= 0.6 is 0 Å². The van der Waals surface area contributed by atoms with Gasteiger partial charge in [-0.05, 0) is 82.3 Å². The fourth-order valence-electron chi connectivity index (χ4n) is 4.83. The van der Waals surface area contributed by atoms with Crippen molar-refractivity contribution < 1.29 is 19.1 Å². The highest BCUT2D eigenvalue weighted by molar-refractivity contribution is 5.70. The first kappa shape index (κ1) is 21.7. The first-order valence-electron chi connectivity index (χ1n) is 11.0. The average Bonchev–Trinajstić information content (AvgIpc) is 2.67. The van der Waals surface area contributed by atoms with Crippen molar-refractivity contribution in [2.45, 2.75) is 71.3 Å². The normalized spacial score (nSPS) is 22.7. The van der Waals surface area contributed by atoms with Gasteiger partial charge in [-0.1, -0.05) is 24.3 Å². The van der Waals surface area contributed by atoms with Crippen LogP contribution in [0.1, 0.15) is 70.4 Å². The Labute approximate surface area is 174 Å². The zero-order valence-corrected chi connectivity index (χ0v) is 18.3. The van der Waals surface area contributed by atoms with Gasteiger partial charge in [-0.15, -0.1) is 0 Å². The molecule has 3 rings (SSSR count). The van der Waals surface area contributed by atoms with Gasteiger partial charge in [0, 0.05) is 13.1 Å². The summed E-state index contributed by atoms with van der Waals surface area (Å²) in [7, 11) is 0. The third kappa shape index (κ3) is 5.74. The molecule has 1 fully saturated rings. The number of carbonyl (C=O) groups is 2. The Morgan fingerprint density at radius 2 is 1.79 bits per heavy atom. The summed E-state index contributed by atoms with van der Waals surface area (Å²) in [6.45, 7) is 9.50. The van der Waals surface area contributed by atoms with Crippen molar-refractivity contribution >= 4 is 12.1 Å². The Morgan fingerprint density at radius 1 is 1.10 bits per heavy atom. The number of rotatable bonds is 4. The number of fused-ring (bicyclic) bond motifs is 1. The van der Waals surface area contributed by atoms with Crippen molar-refractivity contribution in [1.82, 2.24) is 4.90 Å². The summed E-state index contributed by atoms with van der Waals surface area (Å²) in [4.78, 5) is 26.3. The van der Waals surface area contributed by atoms with E-state index >= 15 is 0 Å². The van der Waals surface area contributed by atoms with Crippen LogP contribution in [0, 0.1) is 11.8 Å². The molecule has 5 nitrogen and oxygen atoms in total. The zero-order chi connectivity index (χ0) is 21.0. The van der Waals surface area contributed by atoms with Crippen LogP contribution in [0.3, 0.4) is 0 Å². The summed E-state index contributed by atoms with van der Waals surface area (Å²) in [6, 6.07) is 8.53. The smallest absolute Gasteiger partial charge is 0.410 e. The average molecular weight is 402 g/mol. The lowest BCUT2D eigenvalue weighted by Crippen LogP contribution is -2.43. The van der Waals surface area contributed by atoms with Gasteiger partial charge in [-0.3, -0.25) is 4.79 Å². The molecule has 5 heteroatoms. The molecular formula is C24H35NO4. The number of amides is 1. The van der Waals surface area contributed by atoms with Crippen molar-refractivity contribution in [3.8, 4) is 0 Å². The largest absolute Gasteiger partial charge is 0.466 e. The lowest BCUT2D eigenvalue weighted by Gasteiger charge is -2.40. The molecule has 0 bridgehead atoms. The van der Waals surface area contributed by atoms with E-state index in [0.29, 0.717) is 24.9 Å². The van der Waals surface area contributed by atoms with E-state index in [4.69, 9.17) is 9.47 Å². The second-order valence-electron chi connectivity index (χ2n) is 9.41. The Kier molecular flexibility index (Phi) is 6.86.